The Hall–Kier alpha value is -2.98. The Bertz CT molecular complexity index is 948. The molecule has 0 aromatic heterocycles. The molecule has 1 amide bonds. The number of nitro benzene ring substituents is 1. The van der Waals surface area contributed by atoms with Crippen molar-refractivity contribution in [2.75, 3.05) is 25.5 Å². The van der Waals surface area contributed by atoms with Crippen molar-refractivity contribution < 1.29 is 18.1 Å². The first kappa shape index (κ1) is 21.3. The van der Waals surface area contributed by atoms with Crippen LogP contribution in [0.15, 0.2) is 53.4 Å². The summed E-state index contributed by atoms with van der Waals surface area (Å²) in [4.78, 5) is 22.4. The summed E-state index contributed by atoms with van der Waals surface area (Å²) >= 11 is 0. The quantitative estimate of drug-likeness (QED) is 0.430. The molecule has 0 spiro atoms. The maximum absolute atomic E-state index is 12.1. The highest BCUT2D eigenvalue weighted by molar-refractivity contribution is 7.89. The minimum Gasteiger partial charge on any atom is -0.371 e. The molecule has 150 valence electrons. The van der Waals surface area contributed by atoms with Crippen LogP contribution >= 0.6 is 0 Å². The molecule has 3 N–H and O–H groups in total. The van der Waals surface area contributed by atoms with Crippen molar-refractivity contribution in [1.82, 2.24) is 10.0 Å². The Morgan fingerprint density at radius 2 is 1.86 bits per heavy atom. The number of benzene rings is 2. The molecular weight excluding hydrogens is 384 g/mol. The molecule has 2 aromatic rings. The van der Waals surface area contributed by atoms with E-state index in [2.05, 4.69) is 15.4 Å². The summed E-state index contributed by atoms with van der Waals surface area (Å²) in [5.74, 6) is -0.213. The van der Waals surface area contributed by atoms with Crippen molar-refractivity contribution in [2.45, 2.75) is 17.7 Å². The summed E-state index contributed by atoms with van der Waals surface area (Å²) < 4.78 is 25.7. The van der Waals surface area contributed by atoms with E-state index in [1.807, 2.05) is 37.3 Å². The number of anilines is 1. The molecule has 0 unspecified atom stereocenters. The van der Waals surface area contributed by atoms with Gasteiger partial charge in [0, 0.05) is 12.6 Å². The van der Waals surface area contributed by atoms with E-state index in [-0.39, 0.29) is 29.0 Å². The lowest BCUT2D eigenvalue weighted by molar-refractivity contribution is -0.384. The molecule has 28 heavy (non-hydrogen) atoms. The van der Waals surface area contributed by atoms with Gasteiger partial charge in [0.15, 0.2) is 0 Å². The maximum atomic E-state index is 12.1. The van der Waals surface area contributed by atoms with E-state index in [0.29, 0.717) is 6.54 Å². The minimum atomic E-state index is -3.81. The second kappa shape index (κ2) is 9.29. The summed E-state index contributed by atoms with van der Waals surface area (Å²) in [6.45, 7) is 2.22. The predicted molar refractivity (Wildman–Crippen MR) is 106 cm³/mol. The Labute approximate surface area is 163 Å². The number of nitro groups is 1. The Morgan fingerprint density at radius 3 is 2.46 bits per heavy atom. The lowest BCUT2D eigenvalue weighted by Gasteiger charge is -2.14. The number of nitrogens with zero attached hydrogens (tertiary/aromatic N) is 1. The molecule has 0 fully saturated rings. The van der Waals surface area contributed by atoms with Gasteiger partial charge in [0.2, 0.25) is 15.9 Å². The van der Waals surface area contributed by atoms with Crippen molar-refractivity contribution in [3.05, 3.63) is 64.2 Å². The minimum absolute atomic E-state index is 0.0614. The van der Waals surface area contributed by atoms with Gasteiger partial charge in [-0.15, -0.1) is 0 Å². The summed E-state index contributed by atoms with van der Waals surface area (Å²) in [5.41, 5.74) is 0.723. The zero-order valence-corrected chi connectivity index (χ0v) is 16.3. The standard InChI is InChI=1S/C18H22N4O5S/c1-13(14-6-4-3-5-7-14)11-21-18(23)12-20-16-9-8-15(28(26,27)19-2)10-17(16)22(24)25/h3-10,13,19-20H,11-12H2,1-2H3,(H,21,23)/t13-/m1/s1. The molecule has 2 aromatic carbocycles. The zero-order valence-electron chi connectivity index (χ0n) is 15.5. The van der Waals surface area contributed by atoms with Crippen LogP contribution in [0.3, 0.4) is 0 Å². The Kier molecular flexibility index (Phi) is 7.07. The van der Waals surface area contributed by atoms with Crippen molar-refractivity contribution in [2.24, 2.45) is 0 Å². The van der Waals surface area contributed by atoms with E-state index in [4.69, 9.17) is 0 Å². The highest BCUT2D eigenvalue weighted by Crippen LogP contribution is 2.27. The van der Waals surface area contributed by atoms with Gasteiger partial charge < -0.3 is 10.6 Å². The van der Waals surface area contributed by atoms with Gasteiger partial charge in [0.25, 0.3) is 5.69 Å². The predicted octanol–water partition coefficient (Wildman–Crippen LogP) is 1.83. The second-order valence-electron chi connectivity index (χ2n) is 6.11. The van der Waals surface area contributed by atoms with Crippen LogP contribution in [-0.2, 0) is 14.8 Å². The van der Waals surface area contributed by atoms with Gasteiger partial charge in [-0.1, -0.05) is 37.3 Å². The Balaban J connectivity index is 1.99. The first-order valence-electron chi connectivity index (χ1n) is 8.52. The molecule has 0 aliphatic heterocycles. The molecule has 10 heteroatoms. The second-order valence-corrected chi connectivity index (χ2v) is 8.00. The largest absolute Gasteiger partial charge is 0.371 e. The molecule has 0 saturated carbocycles. The highest BCUT2D eigenvalue weighted by Gasteiger charge is 2.20. The van der Waals surface area contributed by atoms with E-state index in [0.717, 1.165) is 11.6 Å². The first-order valence-corrected chi connectivity index (χ1v) is 10.0. The average Bonchev–Trinajstić information content (AvgIpc) is 2.70. The number of carbonyl (C=O) groups is 1. The van der Waals surface area contributed by atoms with Gasteiger partial charge in [-0.3, -0.25) is 14.9 Å². The van der Waals surface area contributed by atoms with Crippen molar-refractivity contribution >= 4 is 27.3 Å². The smallest absolute Gasteiger partial charge is 0.293 e. The molecule has 0 saturated heterocycles. The van der Waals surface area contributed by atoms with Gasteiger partial charge in [-0.2, -0.15) is 0 Å². The number of rotatable bonds is 9. The molecule has 2 rings (SSSR count). The van der Waals surface area contributed by atoms with E-state index < -0.39 is 20.6 Å². The fourth-order valence-electron chi connectivity index (χ4n) is 2.50. The van der Waals surface area contributed by atoms with Crippen LogP contribution in [0.2, 0.25) is 0 Å². The van der Waals surface area contributed by atoms with Crippen LogP contribution in [0.5, 0.6) is 0 Å². The van der Waals surface area contributed by atoms with Crippen molar-refractivity contribution in [3.8, 4) is 0 Å². The fraction of sp³-hybridized carbons (Fsp3) is 0.278. The van der Waals surface area contributed by atoms with Crippen LogP contribution in [0.1, 0.15) is 18.4 Å². The van der Waals surface area contributed by atoms with Crippen LogP contribution in [0.25, 0.3) is 0 Å². The van der Waals surface area contributed by atoms with E-state index in [9.17, 15) is 23.3 Å². The molecule has 0 heterocycles. The van der Waals surface area contributed by atoms with E-state index in [1.54, 1.807) is 0 Å². The summed E-state index contributed by atoms with van der Waals surface area (Å²) in [7, 11) is -2.59. The third-order valence-electron chi connectivity index (χ3n) is 4.16. The van der Waals surface area contributed by atoms with Gasteiger partial charge in [0.05, 0.1) is 16.4 Å². The van der Waals surface area contributed by atoms with Crippen molar-refractivity contribution in [3.63, 3.8) is 0 Å². The van der Waals surface area contributed by atoms with E-state index >= 15 is 0 Å². The first-order chi connectivity index (χ1) is 13.2. The lowest BCUT2D eigenvalue weighted by Crippen LogP contribution is -2.32. The van der Waals surface area contributed by atoms with E-state index in [1.165, 1.54) is 19.2 Å². The van der Waals surface area contributed by atoms with Gasteiger partial charge in [0.1, 0.15) is 5.69 Å². The zero-order chi connectivity index (χ0) is 20.7. The third kappa shape index (κ3) is 5.51. The number of carbonyl (C=O) groups excluding carboxylic acids is 1. The maximum Gasteiger partial charge on any atom is 0.293 e. The molecule has 0 aliphatic rings. The van der Waals surface area contributed by atoms with Crippen LogP contribution < -0.4 is 15.4 Å². The lowest BCUT2D eigenvalue weighted by atomic mass is 10.0. The Morgan fingerprint density at radius 1 is 1.18 bits per heavy atom. The molecule has 0 aliphatic carbocycles. The normalized spacial score (nSPS) is 12.2. The molecular formula is C18H22N4O5S. The summed E-state index contributed by atoms with van der Waals surface area (Å²) in [6.07, 6.45) is 0. The monoisotopic (exact) mass is 406 g/mol. The SMILES string of the molecule is CNS(=O)(=O)c1ccc(NCC(=O)NC[C@@H](C)c2ccccc2)c([N+](=O)[O-])c1. The third-order valence-corrected chi connectivity index (χ3v) is 5.57. The summed E-state index contributed by atoms with van der Waals surface area (Å²) in [6, 6.07) is 13.2. The number of amides is 1. The summed E-state index contributed by atoms with van der Waals surface area (Å²) in [5, 5.41) is 16.7. The number of hydrogen-bond donors (Lipinski definition) is 3. The van der Waals surface area contributed by atoms with Gasteiger partial charge in [-0.25, -0.2) is 13.1 Å². The van der Waals surface area contributed by atoms with Crippen LogP contribution in [0, 0.1) is 10.1 Å². The number of sulfonamides is 1. The molecule has 1 atom stereocenters. The van der Waals surface area contributed by atoms with Crippen LogP contribution in [-0.4, -0.2) is 39.4 Å². The molecule has 0 radical (unpaired) electrons. The number of nitrogens with one attached hydrogen (secondary N) is 3. The average molecular weight is 406 g/mol. The van der Waals surface area contributed by atoms with Crippen molar-refractivity contribution in [1.29, 1.82) is 0 Å². The van der Waals surface area contributed by atoms with Gasteiger partial charge >= 0.3 is 0 Å². The molecule has 0 bridgehead atoms. The fourth-order valence-corrected chi connectivity index (χ4v) is 3.25. The van der Waals surface area contributed by atoms with Crippen LogP contribution in [0.4, 0.5) is 11.4 Å². The highest BCUT2D eigenvalue weighted by atomic mass is 32.2. The van der Waals surface area contributed by atoms with Gasteiger partial charge in [-0.05, 0) is 30.7 Å². The number of hydrogen-bond acceptors (Lipinski definition) is 6. The topological polar surface area (TPSA) is 130 Å². The molecule has 9 nitrogen and oxygen atoms in total.